The first-order chi connectivity index (χ1) is 13.3. The minimum Gasteiger partial charge on any atom is -0.348 e. The molecule has 0 spiro atoms. The first-order valence-electron chi connectivity index (χ1n) is 9.12. The van der Waals surface area contributed by atoms with Gasteiger partial charge in [0.15, 0.2) is 0 Å². The molecule has 2 N–H and O–H groups in total. The molecule has 0 radical (unpaired) electrons. The Morgan fingerprint density at radius 1 is 1.11 bits per heavy atom. The average Bonchev–Trinajstić information content (AvgIpc) is 3.40. The summed E-state index contributed by atoms with van der Waals surface area (Å²) in [7, 11) is 0. The molecule has 0 aliphatic carbocycles. The van der Waals surface area contributed by atoms with Crippen LogP contribution in [0.2, 0.25) is 0 Å². The SMILES string of the molecule is O=C1NN=C(c2ccc(N3C=CCC3)cc2)CC1c1cccc2[nH]ncc12. The summed E-state index contributed by atoms with van der Waals surface area (Å²) in [4.78, 5) is 14.7. The molecule has 6 nitrogen and oxygen atoms in total. The fraction of sp³-hybridized carbons (Fsp3) is 0.190. The molecule has 27 heavy (non-hydrogen) atoms. The molecular weight excluding hydrogens is 338 g/mol. The van der Waals surface area contributed by atoms with Crippen LogP contribution in [0.15, 0.2) is 66.0 Å². The number of benzene rings is 2. The molecule has 0 bridgehead atoms. The molecule has 0 saturated heterocycles. The number of hydrazone groups is 1. The van der Waals surface area contributed by atoms with E-state index < -0.39 is 0 Å². The van der Waals surface area contributed by atoms with E-state index in [0.717, 1.165) is 40.7 Å². The number of nitrogens with zero attached hydrogens (tertiary/aromatic N) is 3. The maximum absolute atomic E-state index is 12.5. The maximum atomic E-state index is 12.5. The lowest BCUT2D eigenvalue weighted by Crippen LogP contribution is -2.33. The molecule has 6 heteroatoms. The molecule has 0 fully saturated rings. The number of H-pyrrole nitrogens is 1. The van der Waals surface area contributed by atoms with Gasteiger partial charge in [-0.2, -0.15) is 10.2 Å². The Morgan fingerprint density at radius 3 is 2.81 bits per heavy atom. The van der Waals surface area contributed by atoms with Crippen LogP contribution in [0.25, 0.3) is 10.9 Å². The summed E-state index contributed by atoms with van der Waals surface area (Å²) in [6.45, 7) is 1.02. The first kappa shape index (κ1) is 15.8. The van der Waals surface area contributed by atoms with E-state index in [2.05, 4.69) is 62.2 Å². The van der Waals surface area contributed by atoms with Gasteiger partial charge >= 0.3 is 0 Å². The Labute approximate surface area is 156 Å². The standard InChI is InChI=1S/C21H19N5O/c27-21-17(16-4-3-5-19-18(16)13-22-23-19)12-20(24-25-21)14-6-8-15(9-7-14)26-10-1-2-11-26/h1,3-10,13,17H,2,11-12H2,(H,22,23)(H,25,27). The van der Waals surface area contributed by atoms with Gasteiger partial charge in [-0.25, -0.2) is 5.43 Å². The summed E-state index contributed by atoms with van der Waals surface area (Å²) in [6.07, 6.45) is 7.73. The molecule has 0 saturated carbocycles. The highest BCUT2D eigenvalue weighted by Crippen LogP contribution is 2.31. The van der Waals surface area contributed by atoms with Gasteiger partial charge in [0, 0.05) is 30.2 Å². The Morgan fingerprint density at radius 2 is 2.00 bits per heavy atom. The van der Waals surface area contributed by atoms with Crippen molar-refractivity contribution in [1.29, 1.82) is 0 Å². The number of rotatable bonds is 3. The van der Waals surface area contributed by atoms with Gasteiger partial charge in [0.25, 0.3) is 0 Å². The van der Waals surface area contributed by atoms with Crippen LogP contribution < -0.4 is 10.3 Å². The normalized spacial score (nSPS) is 19.4. The van der Waals surface area contributed by atoms with Crippen LogP contribution in [-0.4, -0.2) is 28.4 Å². The van der Waals surface area contributed by atoms with Gasteiger partial charge in [0.2, 0.25) is 5.91 Å². The van der Waals surface area contributed by atoms with Crippen molar-refractivity contribution in [3.8, 4) is 0 Å². The molecule has 2 aliphatic rings. The Hall–Kier alpha value is -3.41. The van der Waals surface area contributed by atoms with Crippen molar-refractivity contribution in [2.45, 2.75) is 18.8 Å². The van der Waals surface area contributed by atoms with Gasteiger partial charge in [-0.3, -0.25) is 9.89 Å². The maximum Gasteiger partial charge on any atom is 0.248 e. The van der Waals surface area contributed by atoms with E-state index in [1.807, 2.05) is 18.2 Å². The van der Waals surface area contributed by atoms with Crippen molar-refractivity contribution >= 4 is 28.2 Å². The summed E-state index contributed by atoms with van der Waals surface area (Å²) < 4.78 is 0. The number of carbonyl (C=O) groups is 1. The third-order valence-electron chi connectivity index (χ3n) is 5.26. The fourth-order valence-electron chi connectivity index (χ4n) is 3.81. The predicted molar refractivity (Wildman–Crippen MR) is 106 cm³/mol. The van der Waals surface area contributed by atoms with Crippen molar-refractivity contribution in [2.24, 2.45) is 5.10 Å². The highest BCUT2D eigenvalue weighted by molar-refractivity contribution is 6.07. The number of hydrogen-bond acceptors (Lipinski definition) is 4. The summed E-state index contributed by atoms with van der Waals surface area (Å²) in [6, 6.07) is 14.3. The lowest BCUT2D eigenvalue weighted by Gasteiger charge is -2.23. The van der Waals surface area contributed by atoms with Crippen molar-refractivity contribution in [1.82, 2.24) is 15.6 Å². The van der Waals surface area contributed by atoms with Crippen LogP contribution in [0.3, 0.4) is 0 Å². The van der Waals surface area contributed by atoms with E-state index in [1.54, 1.807) is 6.20 Å². The van der Waals surface area contributed by atoms with Gasteiger partial charge in [0.1, 0.15) is 0 Å². The van der Waals surface area contributed by atoms with Gasteiger partial charge < -0.3 is 4.90 Å². The molecule has 2 aromatic carbocycles. The van der Waals surface area contributed by atoms with Crippen LogP contribution in [-0.2, 0) is 4.79 Å². The molecule has 3 heterocycles. The smallest absolute Gasteiger partial charge is 0.248 e. The largest absolute Gasteiger partial charge is 0.348 e. The summed E-state index contributed by atoms with van der Waals surface area (Å²) >= 11 is 0. The topological polar surface area (TPSA) is 73.4 Å². The summed E-state index contributed by atoms with van der Waals surface area (Å²) in [5.74, 6) is -0.355. The van der Waals surface area contributed by atoms with Crippen LogP contribution in [0, 0.1) is 0 Å². The molecule has 134 valence electrons. The Bertz CT molecular complexity index is 1060. The highest BCUT2D eigenvalue weighted by Gasteiger charge is 2.28. The number of fused-ring (bicyclic) bond motifs is 1. The zero-order valence-electron chi connectivity index (χ0n) is 14.7. The fourth-order valence-corrected chi connectivity index (χ4v) is 3.81. The van der Waals surface area contributed by atoms with Gasteiger partial charge in [-0.15, -0.1) is 0 Å². The lowest BCUT2D eigenvalue weighted by molar-refractivity contribution is -0.122. The third kappa shape index (κ3) is 2.79. The van der Waals surface area contributed by atoms with Crippen molar-refractivity contribution in [3.63, 3.8) is 0 Å². The minimum atomic E-state index is -0.278. The number of nitrogens with one attached hydrogen (secondary N) is 2. The van der Waals surface area contributed by atoms with Crippen LogP contribution in [0.1, 0.15) is 29.9 Å². The molecule has 1 amide bonds. The van der Waals surface area contributed by atoms with Gasteiger partial charge in [0.05, 0.1) is 23.3 Å². The predicted octanol–water partition coefficient (Wildman–Crippen LogP) is 3.29. The number of amides is 1. The monoisotopic (exact) mass is 357 g/mol. The molecule has 5 rings (SSSR count). The Kier molecular flexibility index (Phi) is 3.74. The summed E-state index contributed by atoms with van der Waals surface area (Å²) in [5, 5.41) is 12.4. The van der Waals surface area contributed by atoms with Crippen molar-refractivity contribution in [3.05, 3.63) is 72.1 Å². The molecule has 2 aliphatic heterocycles. The zero-order chi connectivity index (χ0) is 18.2. The van der Waals surface area contributed by atoms with Crippen molar-refractivity contribution < 1.29 is 4.79 Å². The van der Waals surface area contributed by atoms with Crippen LogP contribution in [0.5, 0.6) is 0 Å². The van der Waals surface area contributed by atoms with Gasteiger partial charge in [-0.1, -0.05) is 30.3 Å². The number of hydrogen-bond donors (Lipinski definition) is 2. The lowest BCUT2D eigenvalue weighted by atomic mass is 9.88. The minimum absolute atomic E-state index is 0.0775. The van der Waals surface area contributed by atoms with Crippen LogP contribution >= 0.6 is 0 Å². The number of aromatic amines is 1. The Balaban J connectivity index is 1.44. The van der Waals surface area contributed by atoms with Gasteiger partial charge in [-0.05, 0) is 35.7 Å². The second kappa shape index (κ2) is 6.39. The molecule has 1 atom stereocenters. The van der Waals surface area contributed by atoms with E-state index in [1.165, 1.54) is 5.69 Å². The average molecular weight is 357 g/mol. The van der Waals surface area contributed by atoms with Crippen LogP contribution in [0.4, 0.5) is 5.69 Å². The zero-order valence-corrected chi connectivity index (χ0v) is 14.7. The number of carbonyl (C=O) groups excluding carboxylic acids is 1. The second-order valence-corrected chi connectivity index (χ2v) is 6.88. The molecule has 1 unspecified atom stereocenters. The van der Waals surface area contributed by atoms with E-state index in [-0.39, 0.29) is 11.8 Å². The first-order valence-corrected chi connectivity index (χ1v) is 9.12. The second-order valence-electron chi connectivity index (χ2n) is 6.88. The van der Waals surface area contributed by atoms with Crippen molar-refractivity contribution in [2.75, 3.05) is 11.4 Å². The quantitative estimate of drug-likeness (QED) is 0.755. The van der Waals surface area contributed by atoms with E-state index in [0.29, 0.717) is 6.42 Å². The molecule has 1 aromatic heterocycles. The number of aromatic nitrogens is 2. The van der Waals surface area contributed by atoms with E-state index in [9.17, 15) is 4.79 Å². The highest BCUT2D eigenvalue weighted by atomic mass is 16.2. The number of anilines is 1. The van der Waals surface area contributed by atoms with E-state index in [4.69, 9.17) is 0 Å². The molecule has 3 aromatic rings. The van der Waals surface area contributed by atoms with E-state index >= 15 is 0 Å². The summed E-state index contributed by atoms with van der Waals surface area (Å²) in [5.41, 5.74) is 7.72. The third-order valence-corrected chi connectivity index (χ3v) is 5.26. The molecular formula is C21H19N5O.